The maximum Gasteiger partial charge on any atom is 0.182 e. The molecular weight excluding hydrogens is 395 g/mol. The first-order valence-electron chi connectivity index (χ1n) is 8.11. The highest BCUT2D eigenvalue weighted by atomic mass is 35.5. The number of rotatable bonds is 4. The molecule has 134 valence electrons. The minimum absolute atomic E-state index is 0.142. The summed E-state index contributed by atoms with van der Waals surface area (Å²) < 4.78 is 26.0. The summed E-state index contributed by atoms with van der Waals surface area (Å²) in [7, 11) is -3.50. The van der Waals surface area contributed by atoms with Crippen LogP contribution in [-0.2, 0) is 9.84 Å². The summed E-state index contributed by atoms with van der Waals surface area (Å²) in [6.07, 6.45) is 0.370. The molecule has 0 aliphatic heterocycles. The Morgan fingerprint density at radius 1 is 0.920 bits per heavy atom. The lowest BCUT2D eigenvalue weighted by molar-refractivity contribution is 0.580. The topological polar surface area (TPSA) is 34.1 Å². The zero-order valence-corrected chi connectivity index (χ0v) is 17.2. The molecule has 0 bridgehead atoms. The van der Waals surface area contributed by atoms with E-state index in [1.807, 2.05) is 50.2 Å². The first kappa shape index (κ1) is 19.1. The van der Waals surface area contributed by atoms with Gasteiger partial charge in [0.15, 0.2) is 9.84 Å². The SMILES string of the molecule is Cc1ccc(S[C@H]2[C@@H](Cl)[C@H](S(=O)(=O)c3ccc(C)cc3)C[C@@H]2Cl)cc1. The largest absolute Gasteiger partial charge is 0.223 e. The van der Waals surface area contributed by atoms with Gasteiger partial charge in [-0.15, -0.1) is 35.0 Å². The molecular formula is C19H20Cl2O2S2. The molecule has 1 aliphatic rings. The Labute approximate surface area is 163 Å². The van der Waals surface area contributed by atoms with Gasteiger partial charge in [0.25, 0.3) is 0 Å². The van der Waals surface area contributed by atoms with Gasteiger partial charge in [0.05, 0.1) is 15.5 Å². The molecule has 4 atom stereocenters. The van der Waals surface area contributed by atoms with Gasteiger partial charge in [0, 0.05) is 15.5 Å². The highest BCUT2D eigenvalue weighted by Crippen LogP contribution is 2.44. The fourth-order valence-electron chi connectivity index (χ4n) is 3.01. The van der Waals surface area contributed by atoms with E-state index in [1.165, 1.54) is 5.56 Å². The van der Waals surface area contributed by atoms with Crippen LogP contribution < -0.4 is 0 Å². The molecule has 6 heteroatoms. The lowest BCUT2D eigenvalue weighted by atomic mass is 10.2. The first-order valence-corrected chi connectivity index (χ1v) is 11.4. The highest BCUT2D eigenvalue weighted by Gasteiger charge is 2.48. The number of hydrogen-bond donors (Lipinski definition) is 0. The summed E-state index contributed by atoms with van der Waals surface area (Å²) in [6.45, 7) is 3.96. The van der Waals surface area contributed by atoms with Crippen LogP contribution in [0.15, 0.2) is 58.3 Å². The van der Waals surface area contributed by atoms with E-state index >= 15 is 0 Å². The second-order valence-corrected chi connectivity index (χ2v) is 11.0. The number of alkyl halides is 2. The van der Waals surface area contributed by atoms with Crippen LogP contribution in [0.3, 0.4) is 0 Å². The standard InChI is InChI=1S/C19H20Cl2O2S2/c1-12-3-7-14(8-4-12)24-19-16(20)11-17(18(19)21)25(22,23)15-9-5-13(2)6-10-15/h3-10,16-19H,11H2,1-2H3/t16-,17+,18-,19+/m0/s1. The number of sulfone groups is 1. The van der Waals surface area contributed by atoms with Crippen LogP contribution in [0.5, 0.6) is 0 Å². The molecule has 3 rings (SSSR count). The van der Waals surface area contributed by atoms with Gasteiger partial charge < -0.3 is 0 Å². The third kappa shape index (κ3) is 4.02. The van der Waals surface area contributed by atoms with Crippen molar-refractivity contribution in [2.75, 3.05) is 0 Å². The number of hydrogen-bond acceptors (Lipinski definition) is 3. The van der Waals surface area contributed by atoms with Gasteiger partial charge in [-0.2, -0.15) is 0 Å². The first-order chi connectivity index (χ1) is 11.8. The molecule has 2 aromatic rings. The van der Waals surface area contributed by atoms with E-state index in [4.69, 9.17) is 23.2 Å². The average molecular weight is 415 g/mol. The molecule has 2 aromatic carbocycles. The summed E-state index contributed by atoms with van der Waals surface area (Å²) in [6, 6.07) is 15.0. The van der Waals surface area contributed by atoms with Gasteiger partial charge in [0.2, 0.25) is 0 Å². The van der Waals surface area contributed by atoms with Gasteiger partial charge in [0.1, 0.15) is 0 Å². The maximum atomic E-state index is 13.0. The molecule has 25 heavy (non-hydrogen) atoms. The molecule has 1 aliphatic carbocycles. The molecule has 1 fully saturated rings. The molecule has 0 heterocycles. The minimum atomic E-state index is -3.50. The highest BCUT2D eigenvalue weighted by molar-refractivity contribution is 8.00. The van der Waals surface area contributed by atoms with Crippen molar-refractivity contribution in [3.05, 3.63) is 59.7 Å². The molecule has 0 radical (unpaired) electrons. The van der Waals surface area contributed by atoms with Crippen LogP contribution in [0.2, 0.25) is 0 Å². The van der Waals surface area contributed by atoms with E-state index in [-0.39, 0.29) is 10.6 Å². The Morgan fingerprint density at radius 3 is 2.00 bits per heavy atom. The predicted octanol–water partition coefficient (Wildman–Crippen LogP) is 5.23. The van der Waals surface area contributed by atoms with Crippen molar-refractivity contribution in [2.24, 2.45) is 0 Å². The number of halogens is 2. The van der Waals surface area contributed by atoms with E-state index in [1.54, 1.807) is 23.9 Å². The Hall–Kier alpha value is -0.680. The molecule has 2 nitrogen and oxygen atoms in total. The van der Waals surface area contributed by atoms with Crippen molar-refractivity contribution in [3.63, 3.8) is 0 Å². The zero-order valence-electron chi connectivity index (χ0n) is 14.0. The third-order valence-electron chi connectivity index (χ3n) is 4.52. The number of aryl methyl sites for hydroxylation is 2. The molecule has 0 aromatic heterocycles. The van der Waals surface area contributed by atoms with Gasteiger partial charge in [-0.25, -0.2) is 8.42 Å². The van der Waals surface area contributed by atoms with E-state index < -0.39 is 20.5 Å². The average Bonchev–Trinajstić information content (AvgIpc) is 2.86. The summed E-state index contributed by atoms with van der Waals surface area (Å²) in [4.78, 5) is 1.37. The van der Waals surface area contributed by atoms with Crippen LogP contribution in [0, 0.1) is 13.8 Å². The zero-order chi connectivity index (χ0) is 18.2. The van der Waals surface area contributed by atoms with Gasteiger partial charge >= 0.3 is 0 Å². The van der Waals surface area contributed by atoms with Crippen molar-refractivity contribution in [2.45, 2.75) is 51.3 Å². The minimum Gasteiger partial charge on any atom is -0.223 e. The Morgan fingerprint density at radius 2 is 1.44 bits per heavy atom. The Bertz CT molecular complexity index is 833. The van der Waals surface area contributed by atoms with Crippen LogP contribution in [-0.4, -0.2) is 29.7 Å². The molecule has 1 saturated carbocycles. The van der Waals surface area contributed by atoms with Crippen molar-refractivity contribution in [1.29, 1.82) is 0 Å². The Balaban J connectivity index is 1.82. The number of thioether (sulfide) groups is 1. The monoisotopic (exact) mass is 414 g/mol. The fraction of sp³-hybridized carbons (Fsp3) is 0.368. The summed E-state index contributed by atoms with van der Waals surface area (Å²) in [5, 5.41) is -1.61. The fourth-order valence-corrected chi connectivity index (χ4v) is 7.66. The predicted molar refractivity (Wildman–Crippen MR) is 107 cm³/mol. The summed E-state index contributed by atoms with van der Waals surface area (Å²) in [5.41, 5.74) is 2.20. The van der Waals surface area contributed by atoms with Crippen molar-refractivity contribution >= 4 is 44.8 Å². The molecule has 0 amide bonds. The van der Waals surface area contributed by atoms with Crippen molar-refractivity contribution < 1.29 is 8.42 Å². The normalized spacial score (nSPS) is 26.7. The van der Waals surface area contributed by atoms with Crippen LogP contribution in [0.25, 0.3) is 0 Å². The van der Waals surface area contributed by atoms with E-state index in [0.717, 1.165) is 10.5 Å². The maximum absolute atomic E-state index is 13.0. The molecule has 0 saturated heterocycles. The van der Waals surface area contributed by atoms with Gasteiger partial charge in [-0.1, -0.05) is 35.4 Å². The summed E-state index contributed by atoms with van der Waals surface area (Å²) >= 11 is 14.7. The lowest BCUT2D eigenvalue weighted by Gasteiger charge is -2.19. The van der Waals surface area contributed by atoms with Crippen molar-refractivity contribution in [1.82, 2.24) is 0 Å². The Kier molecular flexibility index (Phi) is 5.74. The molecule has 0 N–H and O–H groups in total. The van der Waals surface area contributed by atoms with E-state index in [2.05, 4.69) is 0 Å². The smallest absolute Gasteiger partial charge is 0.182 e. The lowest BCUT2D eigenvalue weighted by Crippen LogP contribution is -2.30. The van der Waals surface area contributed by atoms with Crippen LogP contribution >= 0.6 is 35.0 Å². The molecule has 0 unspecified atom stereocenters. The van der Waals surface area contributed by atoms with Gasteiger partial charge in [-0.05, 0) is 44.5 Å². The second-order valence-electron chi connectivity index (χ2n) is 6.49. The van der Waals surface area contributed by atoms with E-state index in [0.29, 0.717) is 11.3 Å². The van der Waals surface area contributed by atoms with E-state index in [9.17, 15) is 8.42 Å². The summed E-state index contributed by atoms with van der Waals surface area (Å²) in [5.74, 6) is 0. The van der Waals surface area contributed by atoms with Crippen LogP contribution in [0.1, 0.15) is 17.5 Å². The number of benzene rings is 2. The molecule has 0 spiro atoms. The third-order valence-corrected chi connectivity index (χ3v) is 9.65. The van der Waals surface area contributed by atoms with Gasteiger partial charge in [-0.3, -0.25) is 0 Å². The van der Waals surface area contributed by atoms with Crippen molar-refractivity contribution in [3.8, 4) is 0 Å². The quantitative estimate of drug-likeness (QED) is 0.642. The van der Waals surface area contributed by atoms with Crippen LogP contribution in [0.4, 0.5) is 0 Å². The second kappa shape index (κ2) is 7.51.